The van der Waals surface area contributed by atoms with Gasteiger partial charge in [-0.3, -0.25) is 0 Å². The molecular weight excluding hydrogens is 290 g/mol. The van der Waals surface area contributed by atoms with Gasteiger partial charge in [-0.05, 0) is 24.3 Å². The Morgan fingerprint density at radius 3 is 2.71 bits per heavy atom. The highest BCUT2D eigenvalue weighted by molar-refractivity contribution is 6.30. The van der Waals surface area contributed by atoms with Crippen LogP contribution in [0, 0.1) is 0 Å². The monoisotopic (exact) mass is 301 g/mol. The van der Waals surface area contributed by atoms with Crippen molar-refractivity contribution in [3.05, 3.63) is 53.1 Å². The van der Waals surface area contributed by atoms with Crippen LogP contribution in [0.25, 0.3) is 22.2 Å². The molecule has 21 heavy (non-hydrogen) atoms. The molecule has 0 spiro atoms. The number of fused-ring (bicyclic) bond motifs is 1. The molecule has 106 valence electrons. The number of benzene rings is 2. The Morgan fingerprint density at radius 1 is 1.05 bits per heavy atom. The van der Waals surface area contributed by atoms with Crippen LogP contribution in [0.3, 0.4) is 0 Å². The van der Waals surface area contributed by atoms with Crippen molar-refractivity contribution in [2.24, 2.45) is 0 Å². The summed E-state index contributed by atoms with van der Waals surface area (Å²) in [5.74, 6) is 0.701. The predicted octanol–water partition coefficient (Wildman–Crippen LogP) is 4.19. The fourth-order valence-corrected chi connectivity index (χ4v) is 2.68. The quantitative estimate of drug-likeness (QED) is 0.712. The average molecular weight is 302 g/mol. The molecule has 1 aliphatic heterocycles. The molecule has 0 atom stereocenters. The number of aromatic nitrogens is 1. The van der Waals surface area contributed by atoms with Gasteiger partial charge in [-0.25, -0.2) is 0 Å². The predicted molar refractivity (Wildman–Crippen MR) is 79.1 cm³/mol. The maximum atomic E-state index is 6.05. The van der Waals surface area contributed by atoms with E-state index in [-0.39, 0.29) is 6.29 Å². The Kier molecular flexibility index (Phi) is 3.15. The first kappa shape index (κ1) is 12.8. The molecule has 0 bridgehead atoms. The number of rotatable bonds is 2. The Labute approximate surface area is 126 Å². The maximum Gasteiger partial charge on any atom is 0.184 e. The maximum absolute atomic E-state index is 6.05. The molecule has 4 nitrogen and oxygen atoms in total. The molecular formula is C16H12ClNO3. The van der Waals surface area contributed by atoms with Gasteiger partial charge in [0.15, 0.2) is 12.1 Å². The van der Waals surface area contributed by atoms with Gasteiger partial charge in [0.1, 0.15) is 5.52 Å². The summed E-state index contributed by atoms with van der Waals surface area (Å²) in [7, 11) is 0. The second-order valence-corrected chi connectivity index (χ2v) is 5.31. The van der Waals surface area contributed by atoms with Gasteiger partial charge in [0.2, 0.25) is 0 Å². The minimum atomic E-state index is -0.309. The minimum Gasteiger partial charge on any atom is -0.355 e. The molecule has 1 saturated heterocycles. The minimum absolute atomic E-state index is 0.309. The molecule has 4 rings (SSSR count). The summed E-state index contributed by atoms with van der Waals surface area (Å²) < 4.78 is 16.6. The molecule has 0 saturated carbocycles. The van der Waals surface area contributed by atoms with E-state index in [0.29, 0.717) is 24.0 Å². The van der Waals surface area contributed by atoms with E-state index >= 15 is 0 Å². The van der Waals surface area contributed by atoms with Crippen molar-refractivity contribution in [2.75, 3.05) is 13.2 Å². The van der Waals surface area contributed by atoms with Crippen molar-refractivity contribution in [2.45, 2.75) is 6.29 Å². The van der Waals surface area contributed by atoms with Crippen LogP contribution in [0.2, 0.25) is 5.02 Å². The summed E-state index contributed by atoms with van der Waals surface area (Å²) in [5.41, 5.74) is 2.66. The second kappa shape index (κ2) is 5.15. The summed E-state index contributed by atoms with van der Waals surface area (Å²) in [5, 5.41) is 5.68. The van der Waals surface area contributed by atoms with Crippen molar-refractivity contribution < 1.29 is 14.0 Å². The standard InChI is InChI=1S/C16H12ClNO3/c17-12-3-1-2-10(8-12)15-13-9-11(16-19-6-7-20-16)4-5-14(13)18-21-15/h1-5,8-9,16H,6-7H2. The molecule has 0 N–H and O–H groups in total. The third-order valence-corrected chi connectivity index (χ3v) is 3.72. The summed E-state index contributed by atoms with van der Waals surface area (Å²) >= 11 is 6.05. The fraction of sp³-hybridized carbons (Fsp3) is 0.188. The van der Waals surface area contributed by atoms with Crippen LogP contribution in [-0.4, -0.2) is 18.4 Å². The highest BCUT2D eigenvalue weighted by Gasteiger charge is 2.20. The molecule has 2 aromatic carbocycles. The second-order valence-electron chi connectivity index (χ2n) is 4.87. The molecule has 5 heteroatoms. The number of hydrogen-bond acceptors (Lipinski definition) is 4. The van der Waals surface area contributed by atoms with E-state index in [4.69, 9.17) is 25.6 Å². The molecule has 1 aliphatic rings. The van der Waals surface area contributed by atoms with Gasteiger partial charge in [-0.2, -0.15) is 0 Å². The van der Waals surface area contributed by atoms with E-state index in [2.05, 4.69) is 5.16 Å². The first-order valence-corrected chi connectivity index (χ1v) is 7.07. The zero-order valence-electron chi connectivity index (χ0n) is 11.1. The van der Waals surface area contributed by atoms with E-state index in [9.17, 15) is 0 Å². The summed E-state index contributed by atoms with van der Waals surface area (Å²) in [6.45, 7) is 1.24. The number of halogens is 1. The van der Waals surface area contributed by atoms with Gasteiger partial charge in [-0.1, -0.05) is 35.0 Å². The molecule has 0 radical (unpaired) electrons. The summed E-state index contributed by atoms with van der Waals surface area (Å²) in [4.78, 5) is 0. The molecule has 1 fully saturated rings. The summed E-state index contributed by atoms with van der Waals surface area (Å²) in [6.07, 6.45) is -0.309. The van der Waals surface area contributed by atoms with Crippen molar-refractivity contribution in [3.8, 4) is 11.3 Å². The number of ether oxygens (including phenoxy) is 2. The van der Waals surface area contributed by atoms with E-state index in [1.165, 1.54) is 0 Å². The molecule has 2 heterocycles. The third-order valence-electron chi connectivity index (χ3n) is 3.48. The zero-order valence-corrected chi connectivity index (χ0v) is 11.8. The SMILES string of the molecule is Clc1cccc(-c2onc3ccc(C4OCCO4)cc23)c1. The lowest BCUT2D eigenvalue weighted by Crippen LogP contribution is -1.97. The van der Waals surface area contributed by atoms with Gasteiger partial charge in [0, 0.05) is 16.1 Å². The van der Waals surface area contributed by atoms with Crippen LogP contribution in [0.1, 0.15) is 11.9 Å². The largest absolute Gasteiger partial charge is 0.355 e. The highest BCUT2D eigenvalue weighted by Crippen LogP contribution is 2.33. The van der Waals surface area contributed by atoms with E-state index in [1.807, 2.05) is 42.5 Å². The molecule has 0 aliphatic carbocycles. The number of nitrogens with zero attached hydrogens (tertiary/aromatic N) is 1. The van der Waals surface area contributed by atoms with Gasteiger partial charge < -0.3 is 14.0 Å². The van der Waals surface area contributed by atoms with Gasteiger partial charge in [0.05, 0.1) is 18.6 Å². The highest BCUT2D eigenvalue weighted by atomic mass is 35.5. The summed E-state index contributed by atoms with van der Waals surface area (Å²) in [6, 6.07) is 13.4. The first-order chi connectivity index (χ1) is 10.3. The van der Waals surface area contributed by atoms with E-state index in [0.717, 1.165) is 22.0 Å². The van der Waals surface area contributed by atoms with Crippen LogP contribution < -0.4 is 0 Å². The van der Waals surface area contributed by atoms with E-state index < -0.39 is 0 Å². The van der Waals surface area contributed by atoms with Crippen LogP contribution in [0.15, 0.2) is 47.0 Å². The van der Waals surface area contributed by atoms with Gasteiger partial charge in [0.25, 0.3) is 0 Å². The number of hydrogen-bond donors (Lipinski definition) is 0. The van der Waals surface area contributed by atoms with E-state index in [1.54, 1.807) is 0 Å². The van der Waals surface area contributed by atoms with Crippen LogP contribution >= 0.6 is 11.6 Å². The Morgan fingerprint density at radius 2 is 1.90 bits per heavy atom. The average Bonchev–Trinajstić information content (AvgIpc) is 3.16. The lowest BCUT2D eigenvalue weighted by Gasteiger charge is -2.08. The van der Waals surface area contributed by atoms with Crippen molar-refractivity contribution in [1.29, 1.82) is 0 Å². The van der Waals surface area contributed by atoms with Crippen LogP contribution in [0.4, 0.5) is 0 Å². The molecule has 3 aromatic rings. The first-order valence-electron chi connectivity index (χ1n) is 6.70. The van der Waals surface area contributed by atoms with Gasteiger partial charge in [-0.15, -0.1) is 0 Å². The van der Waals surface area contributed by atoms with Crippen LogP contribution in [-0.2, 0) is 9.47 Å². The zero-order chi connectivity index (χ0) is 14.2. The van der Waals surface area contributed by atoms with Crippen molar-refractivity contribution >= 4 is 22.5 Å². The Balaban J connectivity index is 1.84. The molecule has 1 aromatic heterocycles. The Bertz CT molecular complexity index is 793. The van der Waals surface area contributed by atoms with Gasteiger partial charge >= 0.3 is 0 Å². The molecule has 0 unspecified atom stereocenters. The smallest absolute Gasteiger partial charge is 0.184 e. The lowest BCUT2D eigenvalue weighted by molar-refractivity contribution is -0.0440. The Hall–Kier alpha value is -1.88. The topological polar surface area (TPSA) is 44.5 Å². The van der Waals surface area contributed by atoms with Crippen molar-refractivity contribution in [1.82, 2.24) is 5.16 Å². The fourth-order valence-electron chi connectivity index (χ4n) is 2.49. The third kappa shape index (κ3) is 2.31. The normalized spacial score (nSPS) is 15.9. The lowest BCUT2D eigenvalue weighted by atomic mass is 10.1. The van der Waals surface area contributed by atoms with Crippen LogP contribution in [0.5, 0.6) is 0 Å². The molecule has 0 amide bonds. The van der Waals surface area contributed by atoms with Crippen molar-refractivity contribution in [3.63, 3.8) is 0 Å².